The second kappa shape index (κ2) is 17.9. The number of hydrogen-bond acceptors (Lipinski definition) is 5. The van der Waals surface area contributed by atoms with Crippen molar-refractivity contribution in [2.24, 2.45) is 0 Å². The van der Waals surface area contributed by atoms with Crippen molar-refractivity contribution in [3.8, 4) is 5.75 Å². The molecule has 0 aromatic heterocycles. The van der Waals surface area contributed by atoms with E-state index >= 15 is 0 Å². The van der Waals surface area contributed by atoms with Crippen molar-refractivity contribution < 1.29 is 28.4 Å². The molecule has 2 N–H and O–H groups in total. The fourth-order valence-electron chi connectivity index (χ4n) is 3.58. The van der Waals surface area contributed by atoms with Gasteiger partial charge >= 0.3 is 7.82 Å². The van der Waals surface area contributed by atoms with Crippen molar-refractivity contribution >= 4 is 13.7 Å². The summed E-state index contributed by atoms with van der Waals surface area (Å²) in [6.45, 7) is 4.00. The van der Waals surface area contributed by atoms with E-state index in [1.54, 1.807) is 4.90 Å². The highest BCUT2D eigenvalue weighted by Gasteiger charge is 2.18. The number of amides is 1. The Labute approximate surface area is 205 Å². The number of carbonyl (C=O) groups excluding carboxylic acids is 1. The number of ether oxygens (including phenoxy) is 1. The Morgan fingerprint density at radius 1 is 0.941 bits per heavy atom. The summed E-state index contributed by atoms with van der Waals surface area (Å²) < 4.78 is 21.3. The lowest BCUT2D eigenvalue weighted by molar-refractivity contribution is -0.131. The Hall–Kier alpha value is -1.44. The molecule has 0 aliphatic heterocycles. The van der Waals surface area contributed by atoms with E-state index in [-0.39, 0.29) is 19.1 Å². The summed E-state index contributed by atoms with van der Waals surface area (Å²) >= 11 is 0. The van der Waals surface area contributed by atoms with Crippen LogP contribution in [0.25, 0.3) is 0 Å². The zero-order chi connectivity index (χ0) is 25.2. The van der Waals surface area contributed by atoms with E-state index in [9.17, 15) is 9.36 Å². The summed E-state index contributed by atoms with van der Waals surface area (Å²) in [5.41, 5.74) is 1.03. The van der Waals surface area contributed by atoms with E-state index in [0.717, 1.165) is 17.7 Å². The Bertz CT molecular complexity index is 725. The van der Waals surface area contributed by atoms with Gasteiger partial charge in [0.1, 0.15) is 5.75 Å². The van der Waals surface area contributed by atoms with Crippen LogP contribution in [0, 0.1) is 0 Å². The van der Waals surface area contributed by atoms with Crippen molar-refractivity contribution in [1.82, 2.24) is 9.80 Å². The molecule has 0 saturated carbocycles. The van der Waals surface area contributed by atoms with Gasteiger partial charge in [0.2, 0.25) is 5.91 Å². The first-order valence-electron chi connectivity index (χ1n) is 12.6. The topological polar surface area (TPSA) is 99.5 Å². The number of hydrogen-bond donors (Lipinski definition) is 2. The quantitative estimate of drug-likeness (QED) is 0.199. The van der Waals surface area contributed by atoms with Gasteiger partial charge in [0.05, 0.1) is 13.2 Å². The van der Waals surface area contributed by atoms with Crippen molar-refractivity contribution in [2.45, 2.75) is 71.1 Å². The van der Waals surface area contributed by atoms with Crippen LogP contribution >= 0.6 is 7.82 Å². The van der Waals surface area contributed by atoms with E-state index in [2.05, 4.69) is 11.4 Å². The van der Waals surface area contributed by atoms with Crippen LogP contribution < -0.4 is 4.74 Å². The lowest BCUT2D eigenvalue weighted by atomic mass is 10.1. The van der Waals surface area contributed by atoms with Gasteiger partial charge in [0.15, 0.2) is 0 Å². The van der Waals surface area contributed by atoms with Gasteiger partial charge in [0, 0.05) is 26.1 Å². The van der Waals surface area contributed by atoms with Crippen molar-refractivity contribution in [2.75, 3.05) is 46.9 Å². The summed E-state index contributed by atoms with van der Waals surface area (Å²) in [6, 6.07) is 7.86. The molecule has 1 amide bonds. The minimum Gasteiger partial charge on any atom is -0.494 e. The van der Waals surface area contributed by atoms with Crippen LogP contribution in [0.15, 0.2) is 24.3 Å². The van der Waals surface area contributed by atoms with Gasteiger partial charge < -0.3 is 24.3 Å². The van der Waals surface area contributed by atoms with Crippen LogP contribution in [0.1, 0.15) is 70.3 Å². The van der Waals surface area contributed by atoms with E-state index in [1.807, 2.05) is 43.3 Å². The molecule has 8 nitrogen and oxygen atoms in total. The zero-order valence-corrected chi connectivity index (χ0v) is 22.2. The van der Waals surface area contributed by atoms with Gasteiger partial charge in [-0.1, -0.05) is 64.0 Å². The molecule has 0 fully saturated rings. The number of benzene rings is 1. The van der Waals surface area contributed by atoms with Gasteiger partial charge in [-0.25, -0.2) is 4.57 Å². The minimum absolute atomic E-state index is 0.0681. The molecule has 34 heavy (non-hydrogen) atoms. The first-order valence-corrected chi connectivity index (χ1v) is 14.1. The van der Waals surface area contributed by atoms with Gasteiger partial charge in [-0.2, -0.15) is 0 Å². The van der Waals surface area contributed by atoms with Gasteiger partial charge in [-0.15, -0.1) is 0 Å². The predicted molar refractivity (Wildman–Crippen MR) is 136 cm³/mol. The third-order valence-corrected chi connectivity index (χ3v) is 6.10. The fourth-order valence-corrected chi connectivity index (χ4v) is 3.90. The van der Waals surface area contributed by atoms with E-state index in [1.165, 1.54) is 44.9 Å². The molecule has 1 rings (SSSR count). The molecular formula is C25H45N2O6P. The summed E-state index contributed by atoms with van der Waals surface area (Å²) in [4.78, 5) is 34.1. The van der Waals surface area contributed by atoms with E-state index in [4.69, 9.17) is 14.5 Å². The molecule has 0 heterocycles. The third-order valence-electron chi connectivity index (χ3n) is 5.58. The monoisotopic (exact) mass is 500 g/mol. The Morgan fingerprint density at radius 3 is 2.26 bits per heavy atom. The molecule has 0 saturated heterocycles. The number of aryl methyl sites for hydroxylation is 1. The highest BCUT2D eigenvalue weighted by atomic mass is 31.2. The molecule has 0 unspecified atom stereocenters. The molecule has 0 bridgehead atoms. The molecule has 9 heteroatoms. The van der Waals surface area contributed by atoms with E-state index in [0.29, 0.717) is 32.5 Å². The summed E-state index contributed by atoms with van der Waals surface area (Å²) in [5, 5.41) is 0. The van der Waals surface area contributed by atoms with Crippen molar-refractivity contribution in [3.05, 3.63) is 29.8 Å². The van der Waals surface area contributed by atoms with Crippen molar-refractivity contribution in [3.63, 3.8) is 0 Å². The standard InChI is InChI=1S/C25H45N2O6P/c1-4-5-6-7-8-9-10-11-20-32-24-14-12-13-23(22-24)15-16-25(28)27(18-17-26(2)3)19-21-33-34(29,30)31/h12-14,22H,4-11,15-21H2,1-3H3,(H2,29,30,31). The van der Waals surface area contributed by atoms with Crippen molar-refractivity contribution in [1.29, 1.82) is 0 Å². The lowest BCUT2D eigenvalue weighted by Crippen LogP contribution is -2.38. The number of nitrogens with zero attached hydrogens (tertiary/aromatic N) is 2. The minimum atomic E-state index is -4.54. The Kier molecular flexibility index (Phi) is 16.1. The molecule has 0 atom stereocenters. The SMILES string of the molecule is CCCCCCCCCCOc1cccc(CCC(=O)N(CCOP(=O)(O)O)CCN(C)C)c1. The second-order valence-corrected chi connectivity index (χ2v) is 10.2. The molecule has 0 aliphatic rings. The highest BCUT2D eigenvalue weighted by Crippen LogP contribution is 2.35. The maximum Gasteiger partial charge on any atom is 0.469 e. The van der Waals surface area contributed by atoms with Crippen LogP contribution in [0.2, 0.25) is 0 Å². The summed E-state index contributed by atoms with van der Waals surface area (Å²) in [6.07, 6.45) is 11.0. The molecule has 1 aromatic rings. The number of carbonyl (C=O) groups is 1. The van der Waals surface area contributed by atoms with Crippen LogP contribution in [-0.2, 0) is 20.3 Å². The Morgan fingerprint density at radius 2 is 1.62 bits per heavy atom. The Balaban J connectivity index is 2.40. The number of phosphoric acid groups is 1. The molecule has 196 valence electrons. The fraction of sp³-hybridized carbons (Fsp3) is 0.720. The van der Waals surface area contributed by atoms with Gasteiger partial charge in [0.25, 0.3) is 0 Å². The average Bonchev–Trinajstić information content (AvgIpc) is 2.78. The van der Waals surface area contributed by atoms with Gasteiger partial charge in [-0.05, 0) is 44.6 Å². The number of unbranched alkanes of at least 4 members (excludes halogenated alkanes) is 7. The number of phosphoric ester groups is 1. The predicted octanol–water partition coefficient (Wildman–Crippen LogP) is 4.64. The zero-order valence-electron chi connectivity index (χ0n) is 21.3. The van der Waals surface area contributed by atoms with Crippen LogP contribution in [0.5, 0.6) is 5.75 Å². The largest absolute Gasteiger partial charge is 0.494 e. The highest BCUT2D eigenvalue weighted by molar-refractivity contribution is 7.46. The summed E-state index contributed by atoms with van der Waals surface area (Å²) in [5.74, 6) is 0.758. The number of rotatable bonds is 20. The molecule has 0 spiro atoms. The van der Waals surface area contributed by atoms with Gasteiger partial charge in [-0.3, -0.25) is 9.32 Å². The summed E-state index contributed by atoms with van der Waals surface area (Å²) in [7, 11) is -0.722. The first-order chi connectivity index (χ1) is 16.2. The molecule has 1 aromatic carbocycles. The normalized spacial score (nSPS) is 11.7. The maximum atomic E-state index is 12.8. The molecular weight excluding hydrogens is 455 g/mol. The maximum absolute atomic E-state index is 12.8. The second-order valence-electron chi connectivity index (χ2n) is 8.98. The number of likely N-dealkylation sites (N-methyl/N-ethyl adjacent to an activating group) is 1. The third kappa shape index (κ3) is 16.2. The van der Waals surface area contributed by atoms with Crippen LogP contribution in [0.3, 0.4) is 0 Å². The smallest absolute Gasteiger partial charge is 0.469 e. The first kappa shape index (κ1) is 30.6. The average molecular weight is 501 g/mol. The lowest BCUT2D eigenvalue weighted by Gasteiger charge is -2.24. The van der Waals surface area contributed by atoms with E-state index < -0.39 is 7.82 Å². The molecule has 0 aliphatic carbocycles. The van der Waals surface area contributed by atoms with Crippen LogP contribution in [-0.4, -0.2) is 72.4 Å². The van der Waals surface area contributed by atoms with Crippen LogP contribution in [0.4, 0.5) is 0 Å². The molecule has 0 radical (unpaired) electrons.